The van der Waals surface area contributed by atoms with Crippen LogP contribution in [0.4, 0.5) is 5.69 Å². The predicted molar refractivity (Wildman–Crippen MR) is 74.9 cm³/mol. The zero-order valence-electron chi connectivity index (χ0n) is 11.2. The Hall–Kier alpha value is -1.59. The van der Waals surface area contributed by atoms with E-state index in [9.17, 15) is 4.79 Å². The van der Waals surface area contributed by atoms with Crippen molar-refractivity contribution in [3.05, 3.63) is 29.3 Å². The number of carbonyl (C=O) groups is 1. The van der Waals surface area contributed by atoms with Gasteiger partial charge >= 0.3 is 0 Å². The maximum atomic E-state index is 12.0. The SMILES string of the molecule is Cc1ccc(NN)c(C(=O)NCCOCC2CC2)c1. The van der Waals surface area contributed by atoms with Crippen molar-refractivity contribution >= 4 is 11.6 Å². The molecule has 1 aliphatic carbocycles. The fraction of sp³-hybridized carbons (Fsp3) is 0.500. The Bertz CT molecular complexity index is 444. The zero-order valence-corrected chi connectivity index (χ0v) is 11.2. The molecule has 0 radical (unpaired) electrons. The number of carbonyl (C=O) groups excluding carboxylic acids is 1. The fourth-order valence-electron chi connectivity index (χ4n) is 1.84. The van der Waals surface area contributed by atoms with Gasteiger partial charge in [-0.2, -0.15) is 0 Å². The standard InChI is InChI=1S/C14H21N3O2/c1-10-2-5-13(17-15)12(8-10)14(18)16-6-7-19-9-11-3-4-11/h2,5,8,11,17H,3-4,6-7,9,15H2,1H3,(H,16,18). The number of rotatable bonds is 7. The van der Waals surface area contributed by atoms with Gasteiger partial charge in [-0.25, -0.2) is 0 Å². The molecule has 0 atom stereocenters. The first-order valence-electron chi connectivity index (χ1n) is 6.64. The van der Waals surface area contributed by atoms with Gasteiger partial charge in [0.25, 0.3) is 5.91 Å². The molecule has 0 aromatic heterocycles. The van der Waals surface area contributed by atoms with Gasteiger partial charge in [-0.1, -0.05) is 11.6 Å². The Balaban J connectivity index is 1.79. The first-order valence-corrected chi connectivity index (χ1v) is 6.64. The number of hydrogen-bond acceptors (Lipinski definition) is 4. The largest absolute Gasteiger partial charge is 0.379 e. The lowest BCUT2D eigenvalue weighted by Gasteiger charge is -2.10. The topological polar surface area (TPSA) is 76.4 Å². The van der Waals surface area contributed by atoms with Crippen LogP contribution in [0.1, 0.15) is 28.8 Å². The van der Waals surface area contributed by atoms with Crippen LogP contribution in [0.2, 0.25) is 0 Å². The summed E-state index contributed by atoms with van der Waals surface area (Å²) in [5, 5.41) is 2.84. The van der Waals surface area contributed by atoms with Crippen LogP contribution in [0.15, 0.2) is 18.2 Å². The van der Waals surface area contributed by atoms with E-state index < -0.39 is 0 Å². The van der Waals surface area contributed by atoms with Crippen LogP contribution in [0.3, 0.4) is 0 Å². The van der Waals surface area contributed by atoms with Crippen molar-refractivity contribution in [3.8, 4) is 0 Å². The molecule has 4 N–H and O–H groups in total. The highest BCUT2D eigenvalue weighted by Crippen LogP contribution is 2.28. The van der Waals surface area contributed by atoms with Gasteiger partial charge in [-0.05, 0) is 37.8 Å². The molecule has 0 spiro atoms. The van der Waals surface area contributed by atoms with Crippen LogP contribution in [-0.2, 0) is 4.74 Å². The van der Waals surface area contributed by atoms with Crippen LogP contribution < -0.4 is 16.6 Å². The Morgan fingerprint density at radius 2 is 2.26 bits per heavy atom. The lowest BCUT2D eigenvalue weighted by atomic mass is 10.1. The Labute approximate surface area is 113 Å². The highest BCUT2D eigenvalue weighted by Gasteiger charge is 2.20. The molecule has 0 aliphatic heterocycles. The summed E-state index contributed by atoms with van der Waals surface area (Å²) in [4.78, 5) is 12.0. The molecule has 0 heterocycles. The van der Waals surface area contributed by atoms with Crippen molar-refractivity contribution in [2.24, 2.45) is 11.8 Å². The summed E-state index contributed by atoms with van der Waals surface area (Å²) in [5.41, 5.74) is 4.75. The first-order chi connectivity index (χ1) is 9.20. The Kier molecular flexibility index (Phi) is 4.76. The number of ether oxygens (including phenoxy) is 1. The van der Waals surface area contributed by atoms with E-state index in [2.05, 4.69) is 10.7 Å². The molecule has 0 bridgehead atoms. The van der Waals surface area contributed by atoms with Crippen molar-refractivity contribution in [1.82, 2.24) is 5.32 Å². The maximum absolute atomic E-state index is 12.0. The molecule has 1 aliphatic rings. The summed E-state index contributed by atoms with van der Waals surface area (Å²) in [5.74, 6) is 6.02. The Morgan fingerprint density at radius 1 is 1.47 bits per heavy atom. The molecule has 1 amide bonds. The summed E-state index contributed by atoms with van der Waals surface area (Å²) < 4.78 is 5.47. The highest BCUT2D eigenvalue weighted by molar-refractivity contribution is 5.99. The monoisotopic (exact) mass is 263 g/mol. The molecule has 1 fully saturated rings. The van der Waals surface area contributed by atoms with E-state index >= 15 is 0 Å². The molecule has 19 heavy (non-hydrogen) atoms. The van der Waals surface area contributed by atoms with Crippen molar-refractivity contribution in [2.45, 2.75) is 19.8 Å². The summed E-state index contributed by atoms with van der Waals surface area (Å²) in [6.07, 6.45) is 2.56. The number of amides is 1. The molecule has 1 aromatic carbocycles. The quantitative estimate of drug-likeness (QED) is 0.395. The number of benzene rings is 1. The third-order valence-electron chi connectivity index (χ3n) is 3.16. The Morgan fingerprint density at radius 3 is 2.95 bits per heavy atom. The van der Waals surface area contributed by atoms with E-state index in [-0.39, 0.29) is 5.91 Å². The number of anilines is 1. The molecular weight excluding hydrogens is 242 g/mol. The third-order valence-corrected chi connectivity index (χ3v) is 3.16. The van der Waals surface area contributed by atoms with Crippen LogP contribution in [-0.4, -0.2) is 25.7 Å². The van der Waals surface area contributed by atoms with Gasteiger partial charge in [0, 0.05) is 13.2 Å². The van der Waals surface area contributed by atoms with Gasteiger partial charge in [-0.15, -0.1) is 0 Å². The van der Waals surface area contributed by atoms with Crippen molar-refractivity contribution in [1.29, 1.82) is 0 Å². The molecular formula is C14H21N3O2. The lowest BCUT2D eigenvalue weighted by Crippen LogP contribution is -2.28. The van der Waals surface area contributed by atoms with Gasteiger partial charge in [-0.3, -0.25) is 10.6 Å². The first kappa shape index (κ1) is 13.8. The van der Waals surface area contributed by atoms with Crippen LogP contribution >= 0.6 is 0 Å². The second-order valence-corrected chi connectivity index (χ2v) is 4.97. The fourth-order valence-corrected chi connectivity index (χ4v) is 1.84. The van der Waals surface area contributed by atoms with Gasteiger partial charge in [0.15, 0.2) is 0 Å². The van der Waals surface area contributed by atoms with Crippen LogP contribution in [0, 0.1) is 12.8 Å². The van der Waals surface area contributed by atoms with Crippen molar-refractivity contribution in [2.75, 3.05) is 25.2 Å². The maximum Gasteiger partial charge on any atom is 0.253 e. The van der Waals surface area contributed by atoms with Crippen molar-refractivity contribution < 1.29 is 9.53 Å². The van der Waals surface area contributed by atoms with E-state index in [4.69, 9.17) is 10.6 Å². The number of hydrazine groups is 1. The predicted octanol–water partition coefficient (Wildman–Crippen LogP) is 1.44. The van der Waals surface area contributed by atoms with E-state index in [1.807, 2.05) is 19.1 Å². The third kappa shape index (κ3) is 4.22. The second-order valence-electron chi connectivity index (χ2n) is 4.97. The summed E-state index contributed by atoms with van der Waals surface area (Å²) in [6, 6.07) is 5.52. The highest BCUT2D eigenvalue weighted by atomic mass is 16.5. The molecule has 0 unspecified atom stereocenters. The molecule has 104 valence electrons. The number of aryl methyl sites for hydroxylation is 1. The zero-order chi connectivity index (χ0) is 13.7. The summed E-state index contributed by atoms with van der Waals surface area (Å²) in [6.45, 7) is 3.83. The average Bonchev–Trinajstić information content (AvgIpc) is 3.22. The van der Waals surface area contributed by atoms with Gasteiger partial charge in [0.05, 0.1) is 17.9 Å². The van der Waals surface area contributed by atoms with E-state index in [0.717, 1.165) is 18.1 Å². The minimum Gasteiger partial charge on any atom is -0.379 e. The van der Waals surface area contributed by atoms with Gasteiger partial charge < -0.3 is 15.5 Å². The van der Waals surface area contributed by atoms with E-state index in [0.29, 0.717) is 24.4 Å². The molecule has 1 aromatic rings. The number of nitrogens with one attached hydrogen (secondary N) is 2. The average molecular weight is 263 g/mol. The van der Waals surface area contributed by atoms with E-state index in [1.54, 1.807) is 6.07 Å². The molecule has 2 rings (SSSR count). The number of nitrogen functional groups attached to an aromatic ring is 1. The molecule has 5 heteroatoms. The normalized spacial score (nSPS) is 14.2. The van der Waals surface area contributed by atoms with Crippen LogP contribution in [0.25, 0.3) is 0 Å². The minimum absolute atomic E-state index is 0.133. The molecule has 5 nitrogen and oxygen atoms in total. The van der Waals surface area contributed by atoms with E-state index in [1.165, 1.54) is 12.8 Å². The van der Waals surface area contributed by atoms with Gasteiger partial charge in [0.1, 0.15) is 0 Å². The smallest absolute Gasteiger partial charge is 0.253 e. The lowest BCUT2D eigenvalue weighted by molar-refractivity contribution is 0.0907. The second kappa shape index (κ2) is 6.54. The van der Waals surface area contributed by atoms with Crippen LogP contribution in [0.5, 0.6) is 0 Å². The summed E-state index contributed by atoms with van der Waals surface area (Å²) >= 11 is 0. The molecule has 1 saturated carbocycles. The number of hydrogen-bond donors (Lipinski definition) is 3. The molecule has 0 saturated heterocycles. The van der Waals surface area contributed by atoms with Crippen molar-refractivity contribution in [3.63, 3.8) is 0 Å². The van der Waals surface area contributed by atoms with Gasteiger partial charge in [0.2, 0.25) is 0 Å². The summed E-state index contributed by atoms with van der Waals surface area (Å²) in [7, 11) is 0. The number of nitrogens with two attached hydrogens (primary N) is 1. The minimum atomic E-state index is -0.133.